The first-order valence-electron chi connectivity index (χ1n) is 5.17. The van der Waals surface area contributed by atoms with Crippen molar-refractivity contribution in [2.24, 2.45) is 0 Å². The van der Waals surface area contributed by atoms with E-state index in [9.17, 15) is 4.79 Å². The molecule has 0 fully saturated rings. The van der Waals surface area contributed by atoms with Crippen LogP contribution in [0, 0.1) is 0 Å². The smallest absolute Gasteiger partial charge is 0.152 e. The van der Waals surface area contributed by atoms with Crippen molar-refractivity contribution in [2.75, 3.05) is 6.61 Å². The van der Waals surface area contributed by atoms with Gasteiger partial charge in [-0.3, -0.25) is 4.79 Å². The van der Waals surface area contributed by atoms with Crippen LogP contribution in [-0.4, -0.2) is 23.6 Å². The standard InChI is InChI=1S/C13H16O3/c1-11(15)7-8-13(9-14)16-10-12-5-3-2-4-6-12/h2-8,13-14H,9-10H2,1H3/b8-7+. The third-order valence-corrected chi connectivity index (χ3v) is 2.03. The van der Waals surface area contributed by atoms with Crippen molar-refractivity contribution in [1.82, 2.24) is 0 Å². The van der Waals surface area contributed by atoms with Crippen LogP contribution in [0.4, 0.5) is 0 Å². The summed E-state index contributed by atoms with van der Waals surface area (Å²) in [6, 6.07) is 9.69. The van der Waals surface area contributed by atoms with E-state index < -0.39 is 6.10 Å². The van der Waals surface area contributed by atoms with Gasteiger partial charge in [0, 0.05) is 0 Å². The molecule has 0 saturated heterocycles. The maximum atomic E-state index is 10.7. The highest BCUT2D eigenvalue weighted by Gasteiger charge is 2.03. The van der Waals surface area contributed by atoms with Crippen LogP contribution in [-0.2, 0) is 16.1 Å². The summed E-state index contributed by atoms with van der Waals surface area (Å²) >= 11 is 0. The van der Waals surface area contributed by atoms with E-state index >= 15 is 0 Å². The summed E-state index contributed by atoms with van der Waals surface area (Å²) in [6.45, 7) is 1.76. The zero-order valence-corrected chi connectivity index (χ0v) is 9.30. The molecule has 0 aliphatic heterocycles. The molecule has 1 aromatic carbocycles. The van der Waals surface area contributed by atoms with E-state index in [0.717, 1.165) is 5.56 Å². The summed E-state index contributed by atoms with van der Waals surface area (Å²) in [4.78, 5) is 10.7. The summed E-state index contributed by atoms with van der Waals surface area (Å²) < 4.78 is 5.44. The number of carbonyl (C=O) groups excluding carboxylic acids is 1. The SMILES string of the molecule is CC(=O)/C=C/C(CO)OCc1ccccc1. The molecule has 0 saturated carbocycles. The second-order valence-corrected chi connectivity index (χ2v) is 3.49. The van der Waals surface area contributed by atoms with Gasteiger partial charge in [-0.2, -0.15) is 0 Å². The zero-order valence-electron chi connectivity index (χ0n) is 9.30. The van der Waals surface area contributed by atoms with Gasteiger partial charge < -0.3 is 9.84 Å². The summed E-state index contributed by atoms with van der Waals surface area (Å²) in [6.07, 6.45) is 2.56. The Morgan fingerprint density at radius 1 is 1.44 bits per heavy atom. The monoisotopic (exact) mass is 220 g/mol. The van der Waals surface area contributed by atoms with Gasteiger partial charge in [-0.1, -0.05) is 36.4 Å². The first-order chi connectivity index (χ1) is 7.72. The van der Waals surface area contributed by atoms with Crippen LogP contribution < -0.4 is 0 Å². The van der Waals surface area contributed by atoms with Gasteiger partial charge in [-0.05, 0) is 18.6 Å². The van der Waals surface area contributed by atoms with Crippen molar-refractivity contribution >= 4 is 5.78 Å². The van der Waals surface area contributed by atoms with Gasteiger partial charge in [0.2, 0.25) is 0 Å². The van der Waals surface area contributed by atoms with Crippen LogP contribution in [0.1, 0.15) is 12.5 Å². The summed E-state index contributed by atoms with van der Waals surface area (Å²) in [5.41, 5.74) is 1.04. The highest BCUT2D eigenvalue weighted by molar-refractivity contribution is 5.87. The Labute approximate surface area is 95.4 Å². The molecule has 0 bridgehead atoms. The van der Waals surface area contributed by atoms with Gasteiger partial charge in [0.05, 0.1) is 19.3 Å². The van der Waals surface area contributed by atoms with Crippen molar-refractivity contribution in [2.45, 2.75) is 19.6 Å². The molecular formula is C13H16O3. The molecule has 0 aliphatic rings. The van der Waals surface area contributed by atoms with Crippen LogP contribution in [0.2, 0.25) is 0 Å². The molecule has 1 rings (SSSR count). The summed E-state index contributed by atoms with van der Waals surface area (Å²) in [5.74, 6) is -0.0539. The number of allylic oxidation sites excluding steroid dienone is 1. The number of ketones is 1. The van der Waals surface area contributed by atoms with Crippen molar-refractivity contribution in [3.05, 3.63) is 48.0 Å². The van der Waals surface area contributed by atoms with Crippen molar-refractivity contribution in [3.63, 3.8) is 0 Å². The zero-order chi connectivity index (χ0) is 11.8. The molecule has 1 atom stereocenters. The van der Waals surface area contributed by atoms with Crippen LogP contribution in [0.5, 0.6) is 0 Å². The van der Waals surface area contributed by atoms with E-state index in [0.29, 0.717) is 6.61 Å². The average molecular weight is 220 g/mol. The molecule has 1 unspecified atom stereocenters. The molecule has 3 nitrogen and oxygen atoms in total. The van der Waals surface area contributed by atoms with E-state index in [1.54, 1.807) is 6.08 Å². The first-order valence-corrected chi connectivity index (χ1v) is 5.17. The van der Waals surface area contributed by atoms with E-state index in [2.05, 4.69) is 0 Å². The molecule has 3 heteroatoms. The number of hydrogen-bond acceptors (Lipinski definition) is 3. The third-order valence-electron chi connectivity index (χ3n) is 2.03. The molecule has 0 radical (unpaired) electrons. The maximum Gasteiger partial charge on any atom is 0.152 e. The largest absolute Gasteiger partial charge is 0.393 e. The van der Waals surface area contributed by atoms with E-state index in [1.807, 2.05) is 30.3 Å². The fraction of sp³-hybridized carbons (Fsp3) is 0.308. The second-order valence-electron chi connectivity index (χ2n) is 3.49. The quantitative estimate of drug-likeness (QED) is 0.742. The first kappa shape index (κ1) is 12.6. The topological polar surface area (TPSA) is 46.5 Å². The van der Waals surface area contributed by atoms with Crippen molar-refractivity contribution < 1.29 is 14.6 Å². The Hall–Kier alpha value is -1.45. The highest BCUT2D eigenvalue weighted by atomic mass is 16.5. The lowest BCUT2D eigenvalue weighted by atomic mass is 10.2. The lowest BCUT2D eigenvalue weighted by Crippen LogP contribution is -2.14. The average Bonchev–Trinajstić information content (AvgIpc) is 2.30. The van der Waals surface area contributed by atoms with Gasteiger partial charge in [0.1, 0.15) is 0 Å². The maximum absolute atomic E-state index is 10.7. The van der Waals surface area contributed by atoms with Gasteiger partial charge in [0.15, 0.2) is 5.78 Å². The number of benzene rings is 1. The lowest BCUT2D eigenvalue weighted by molar-refractivity contribution is -0.112. The number of ether oxygens (including phenoxy) is 1. The van der Waals surface area contributed by atoms with Crippen LogP contribution in [0.3, 0.4) is 0 Å². The Morgan fingerprint density at radius 2 is 2.12 bits per heavy atom. The number of carbonyl (C=O) groups is 1. The number of rotatable bonds is 6. The Balaban J connectivity index is 2.43. The normalized spacial score (nSPS) is 12.9. The minimum atomic E-state index is -0.427. The molecule has 0 aromatic heterocycles. The number of hydrogen-bond donors (Lipinski definition) is 1. The Bertz CT molecular complexity index is 343. The molecule has 1 N–H and O–H groups in total. The molecule has 0 aliphatic carbocycles. The molecule has 86 valence electrons. The molecule has 16 heavy (non-hydrogen) atoms. The second kappa shape index (κ2) is 6.93. The predicted octanol–water partition coefficient (Wildman–Crippen LogP) is 1.71. The molecule has 0 amide bonds. The minimum absolute atomic E-state index is 0.0539. The van der Waals surface area contributed by atoms with Crippen molar-refractivity contribution in [1.29, 1.82) is 0 Å². The third kappa shape index (κ3) is 4.87. The van der Waals surface area contributed by atoms with E-state index in [1.165, 1.54) is 13.0 Å². The fourth-order valence-corrected chi connectivity index (χ4v) is 1.19. The van der Waals surface area contributed by atoms with E-state index in [-0.39, 0.29) is 12.4 Å². The van der Waals surface area contributed by atoms with Crippen LogP contribution in [0.25, 0.3) is 0 Å². The summed E-state index contributed by atoms with van der Waals surface area (Å²) in [7, 11) is 0. The van der Waals surface area contributed by atoms with Gasteiger partial charge >= 0.3 is 0 Å². The molecule has 0 spiro atoms. The minimum Gasteiger partial charge on any atom is -0.393 e. The Kier molecular flexibility index (Phi) is 5.46. The molecule has 0 heterocycles. The molecule has 1 aromatic rings. The lowest BCUT2D eigenvalue weighted by Gasteiger charge is -2.10. The van der Waals surface area contributed by atoms with Crippen molar-refractivity contribution in [3.8, 4) is 0 Å². The van der Waals surface area contributed by atoms with Gasteiger partial charge in [-0.15, -0.1) is 0 Å². The van der Waals surface area contributed by atoms with Crippen LogP contribution >= 0.6 is 0 Å². The predicted molar refractivity (Wildman–Crippen MR) is 61.9 cm³/mol. The van der Waals surface area contributed by atoms with Gasteiger partial charge in [-0.25, -0.2) is 0 Å². The van der Waals surface area contributed by atoms with Crippen LogP contribution in [0.15, 0.2) is 42.5 Å². The Morgan fingerprint density at radius 3 is 2.69 bits per heavy atom. The fourth-order valence-electron chi connectivity index (χ4n) is 1.19. The van der Waals surface area contributed by atoms with E-state index in [4.69, 9.17) is 9.84 Å². The highest BCUT2D eigenvalue weighted by Crippen LogP contribution is 2.04. The number of aliphatic hydroxyl groups excluding tert-OH is 1. The van der Waals surface area contributed by atoms with Gasteiger partial charge in [0.25, 0.3) is 0 Å². The molecular weight excluding hydrogens is 204 g/mol. The summed E-state index contributed by atoms with van der Waals surface area (Å²) in [5, 5.41) is 9.03. The number of aliphatic hydroxyl groups is 1.